The molecule has 2 bridgehead atoms. The fraction of sp³-hybridized carbons (Fsp3) is 0.432. The molecule has 3 saturated carbocycles. The molecule has 250 valence electrons. The van der Waals surface area contributed by atoms with Crippen LogP contribution in [0.1, 0.15) is 61.5 Å². The maximum Gasteiger partial charge on any atom is 0.482 e. The Morgan fingerprint density at radius 3 is 2.40 bits per heavy atom. The summed E-state index contributed by atoms with van der Waals surface area (Å²) in [5, 5.41) is 11.2. The summed E-state index contributed by atoms with van der Waals surface area (Å²) in [5.74, 6) is -0.191. The third-order valence-corrected chi connectivity index (χ3v) is 11.7. The number of nitrogens with one attached hydrogen (secondary N) is 2. The van der Waals surface area contributed by atoms with Crippen LogP contribution in [0.3, 0.4) is 0 Å². The lowest BCUT2D eigenvalue weighted by Gasteiger charge is -2.64. The minimum Gasteiger partial charge on any atom is -0.404 e. The Kier molecular flexibility index (Phi) is 8.86. The largest absolute Gasteiger partial charge is 0.482 e. The highest BCUT2D eigenvalue weighted by molar-refractivity contribution is 6.48. The summed E-state index contributed by atoms with van der Waals surface area (Å²) in [6, 6.07) is 24.5. The molecule has 3 aromatic carbocycles. The third-order valence-electron chi connectivity index (χ3n) is 11.1. The maximum absolute atomic E-state index is 14.5. The molecular weight excluding hydrogens is 648 g/mol. The first kappa shape index (κ1) is 33.1. The standard InChI is InChI=1S/C37H40BCl2N3O5/c1-35(2)25-17-30(35)36(3)31(18-25)46-38(47-36)32(16-23-10-6-4-7-11-23)42-34(45)37(20-24-12-8-5-9-13-24)21-27(43-48-37)22-41-33(44)28-19-26(39)14-15-29(28)40/h4-15,19,25,30-32H,16-18,20-22H2,1-3H3,(H,41,44)(H,42,45)/t25-,30-,31+,32-,36-,37?/m0/s1. The van der Waals surface area contributed by atoms with Crippen molar-refractivity contribution in [3.63, 3.8) is 0 Å². The van der Waals surface area contributed by atoms with E-state index in [-0.39, 0.29) is 47.4 Å². The van der Waals surface area contributed by atoms with Crippen LogP contribution in [0.25, 0.3) is 0 Å². The molecule has 4 fully saturated rings. The van der Waals surface area contributed by atoms with Gasteiger partial charge in [0, 0.05) is 17.9 Å². The highest BCUT2D eigenvalue weighted by Gasteiger charge is 2.68. The van der Waals surface area contributed by atoms with E-state index < -0.39 is 30.2 Å². The van der Waals surface area contributed by atoms with Crippen molar-refractivity contribution in [3.8, 4) is 0 Å². The summed E-state index contributed by atoms with van der Waals surface area (Å²) >= 11 is 12.3. The van der Waals surface area contributed by atoms with Gasteiger partial charge in [-0.25, -0.2) is 0 Å². The predicted molar refractivity (Wildman–Crippen MR) is 187 cm³/mol. The van der Waals surface area contributed by atoms with Gasteiger partial charge in [0.2, 0.25) is 5.60 Å². The molecule has 1 saturated heterocycles. The van der Waals surface area contributed by atoms with Gasteiger partial charge >= 0.3 is 7.12 Å². The number of nitrogens with zero attached hydrogens (tertiary/aromatic N) is 1. The Morgan fingerprint density at radius 2 is 1.69 bits per heavy atom. The number of hydrogen-bond acceptors (Lipinski definition) is 6. The van der Waals surface area contributed by atoms with Crippen molar-refractivity contribution in [2.24, 2.45) is 22.4 Å². The normalized spacial score (nSPS) is 28.8. The molecule has 0 radical (unpaired) electrons. The van der Waals surface area contributed by atoms with E-state index in [0.29, 0.717) is 29.0 Å². The molecule has 6 atom stereocenters. The van der Waals surface area contributed by atoms with Gasteiger partial charge in [-0.3, -0.25) is 9.59 Å². The summed E-state index contributed by atoms with van der Waals surface area (Å²) in [5.41, 5.74) is 1.20. The van der Waals surface area contributed by atoms with E-state index in [1.807, 2.05) is 60.7 Å². The molecule has 1 unspecified atom stereocenters. The second-order valence-corrected chi connectivity index (χ2v) is 15.3. The SMILES string of the molecule is CC1(C)[C@@H]2C[C@H]3OB([C@H](Cc4ccccc4)NC(=O)C4(Cc5ccccc5)CC(CNC(=O)c5cc(Cl)ccc5Cl)=NO4)O[C@@]3(C)[C@H]1C2. The quantitative estimate of drug-likeness (QED) is 0.238. The molecular formula is C37H40BCl2N3O5. The van der Waals surface area contributed by atoms with Gasteiger partial charge in [-0.15, -0.1) is 0 Å². The summed E-state index contributed by atoms with van der Waals surface area (Å²) in [6.07, 6.45) is 3.04. The van der Waals surface area contributed by atoms with Gasteiger partial charge in [0.25, 0.3) is 11.8 Å². The zero-order valence-corrected chi connectivity index (χ0v) is 28.9. The van der Waals surface area contributed by atoms with Gasteiger partial charge < -0.3 is 24.8 Å². The van der Waals surface area contributed by atoms with Gasteiger partial charge in [-0.05, 0) is 72.8 Å². The van der Waals surface area contributed by atoms with Crippen LogP contribution in [0.15, 0.2) is 84.0 Å². The average Bonchev–Trinajstić information content (AvgIpc) is 3.66. The Balaban J connectivity index is 1.11. The zero-order valence-electron chi connectivity index (χ0n) is 27.4. The predicted octanol–water partition coefficient (Wildman–Crippen LogP) is 6.48. The second-order valence-electron chi connectivity index (χ2n) is 14.5. The van der Waals surface area contributed by atoms with Crippen LogP contribution in [0.2, 0.25) is 10.0 Å². The topological polar surface area (TPSA) is 98.3 Å². The monoisotopic (exact) mass is 687 g/mol. The Morgan fingerprint density at radius 1 is 0.979 bits per heavy atom. The molecule has 8 rings (SSSR count). The minimum absolute atomic E-state index is 0.0259. The van der Waals surface area contributed by atoms with E-state index in [1.165, 1.54) is 6.07 Å². The third kappa shape index (κ3) is 6.15. The van der Waals surface area contributed by atoms with Gasteiger partial charge in [0.1, 0.15) is 0 Å². The molecule has 5 aliphatic rings. The van der Waals surface area contributed by atoms with Crippen LogP contribution in [-0.2, 0) is 31.8 Å². The minimum atomic E-state index is -1.34. The van der Waals surface area contributed by atoms with Crippen LogP contribution in [0.5, 0.6) is 0 Å². The summed E-state index contributed by atoms with van der Waals surface area (Å²) in [6.45, 7) is 6.93. The first-order valence-corrected chi connectivity index (χ1v) is 17.4. The molecule has 3 aromatic rings. The van der Waals surface area contributed by atoms with Crippen molar-refractivity contribution in [3.05, 3.63) is 106 Å². The zero-order chi connectivity index (χ0) is 33.7. The number of amides is 2. The van der Waals surface area contributed by atoms with E-state index in [0.717, 1.165) is 24.0 Å². The van der Waals surface area contributed by atoms with E-state index >= 15 is 0 Å². The van der Waals surface area contributed by atoms with E-state index in [2.05, 4.69) is 36.6 Å². The number of carbonyl (C=O) groups excluding carboxylic acids is 2. The van der Waals surface area contributed by atoms with E-state index in [9.17, 15) is 9.59 Å². The molecule has 0 spiro atoms. The van der Waals surface area contributed by atoms with Gasteiger partial charge in [0.15, 0.2) is 0 Å². The molecule has 11 heteroatoms. The van der Waals surface area contributed by atoms with E-state index in [4.69, 9.17) is 37.3 Å². The summed E-state index contributed by atoms with van der Waals surface area (Å²) in [4.78, 5) is 33.6. The van der Waals surface area contributed by atoms with Crippen molar-refractivity contribution in [1.29, 1.82) is 0 Å². The van der Waals surface area contributed by atoms with Gasteiger partial charge in [-0.2, -0.15) is 0 Å². The average molecular weight is 688 g/mol. The molecule has 0 aromatic heterocycles. The molecule has 3 aliphatic carbocycles. The first-order chi connectivity index (χ1) is 23.0. The summed E-state index contributed by atoms with van der Waals surface area (Å²) < 4.78 is 13.5. The molecule has 8 nitrogen and oxygen atoms in total. The Hall–Kier alpha value is -3.37. The van der Waals surface area contributed by atoms with Crippen molar-refractivity contribution >= 4 is 47.8 Å². The smallest absolute Gasteiger partial charge is 0.404 e. The second kappa shape index (κ2) is 12.8. The number of halogens is 2. The Labute approximate surface area is 292 Å². The highest BCUT2D eigenvalue weighted by atomic mass is 35.5. The molecule has 2 N–H and O–H groups in total. The van der Waals surface area contributed by atoms with E-state index in [1.54, 1.807) is 12.1 Å². The number of hydrogen-bond donors (Lipinski definition) is 2. The highest BCUT2D eigenvalue weighted by Crippen LogP contribution is 2.65. The lowest BCUT2D eigenvalue weighted by Crippen LogP contribution is -2.65. The van der Waals surface area contributed by atoms with Crippen LogP contribution in [0.4, 0.5) is 0 Å². The maximum atomic E-state index is 14.5. The van der Waals surface area contributed by atoms with Crippen LogP contribution >= 0.6 is 23.2 Å². The molecule has 2 heterocycles. The number of benzene rings is 3. The Bertz CT molecular complexity index is 1730. The molecule has 48 heavy (non-hydrogen) atoms. The fourth-order valence-corrected chi connectivity index (χ4v) is 8.64. The first-order valence-electron chi connectivity index (χ1n) is 16.7. The lowest BCUT2D eigenvalue weighted by molar-refractivity contribution is -0.199. The van der Waals surface area contributed by atoms with Crippen molar-refractivity contribution in [2.45, 2.75) is 76.1 Å². The van der Waals surface area contributed by atoms with Crippen LogP contribution in [-0.4, -0.2) is 54.4 Å². The van der Waals surface area contributed by atoms with Crippen molar-refractivity contribution in [1.82, 2.24) is 10.6 Å². The number of rotatable bonds is 10. The van der Waals surface area contributed by atoms with Gasteiger partial charge in [-0.1, -0.05) is 103 Å². The number of carbonyl (C=O) groups is 2. The van der Waals surface area contributed by atoms with Gasteiger partial charge in [0.05, 0.1) is 40.5 Å². The fourth-order valence-electron chi connectivity index (χ4n) is 8.27. The number of oxime groups is 1. The lowest BCUT2D eigenvalue weighted by atomic mass is 9.43. The van der Waals surface area contributed by atoms with Crippen molar-refractivity contribution in [2.75, 3.05) is 6.54 Å². The van der Waals surface area contributed by atoms with Crippen LogP contribution in [0, 0.1) is 17.3 Å². The molecule has 2 amide bonds. The molecule has 2 aliphatic heterocycles. The van der Waals surface area contributed by atoms with Crippen LogP contribution < -0.4 is 10.6 Å². The van der Waals surface area contributed by atoms with Crippen molar-refractivity contribution < 1.29 is 23.7 Å². The summed E-state index contributed by atoms with van der Waals surface area (Å²) in [7, 11) is -0.628.